The molecule has 0 unspecified atom stereocenters. The Hall–Kier alpha value is -3.53. The van der Waals surface area contributed by atoms with Gasteiger partial charge >= 0.3 is 0 Å². The van der Waals surface area contributed by atoms with E-state index in [2.05, 4.69) is 10.6 Å². The molecule has 2 aromatic carbocycles. The van der Waals surface area contributed by atoms with Crippen LogP contribution in [0.15, 0.2) is 58.1 Å². The lowest BCUT2D eigenvalue weighted by molar-refractivity contribution is -0.705. The molecule has 0 aliphatic rings. The van der Waals surface area contributed by atoms with Gasteiger partial charge < -0.3 is 25.4 Å². The van der Waals surface area contributed by atoms with Crippen molar-refractivity contribution in [3.05, 3.63) is 54.1 Å². The Balaban J connectivity index is 1.72. The summed E-state index contributed by atoms with van der Waals surface area (Å²) in [5.74, 6) is -1.18. The van der Waals surface area contributed by atoms with Crippen LogP contribution in [-0.4, -0.2) is 29.9 Å². The van der Waals surface area contributed by atoms with Crippen molar-refractivity contribution in [2.75, 3.05) is 18.2 Å². The van der Waals surface area contributed by atoms with Crippen molar-refractivity contribution >= 4 is 29.3 Å². The summed E-state index contributed by atoms with van der Waals surface area (Å²) in [6.07, 6.45) is 0. The van der Waals surface area contributed by atoms with Crippen LogP contribution in [0.2, 0.25) is 0 Å². The molecule has 0 radical (unpaired) electrons. The largest absolute Gasteiger partial charge is 0.538 e. The number of carbonyl (C=O) groups excluding carboxylic acids is 2. The Bertz CT molecular complexity index is 1000. The number of nitrogens with zero attached hydrogens (tertiary/aromatic N) is 2. The number of carbonyl (C=O) groups is 2. The summed E-state index contributed by atoms with van der Waals surface area (Å²) in [5, 5.41) is 18.4. The summed E-state index contributed by atoms with van der Waals surface area (Å²) < 4.78 is 11.1. The molecule has 28 heavy (non-hydrogen) atoms. The molecule has 0 aliphatic heterocycles. The highest BCUT2D eigenvalue weighted by Crippen LogP contribution is 2.24. The smallest absolute Gasteiger partial charge is 0.298 e. The van der Waals surface area contributed by atoms with E-state index in [0.717, 1.165) is 11.8 Å². The number of rotatable bonds is 7. The molecular weight excluding hydrogens is 384 g/mol. The van der Waals surface area contributed by atoms with E-state index < -0.39 is 17.8 Å². The lowest BCUT2D eigenvalue weighted by atomic mass is 10.1. The average Bonchev–Trinajstić information content (AvgIpc) is 3.07. The quantitative estimate of drug-likeness (QED) is 0.444. The standard InChI is InChI=1S/C18H16N4O5S/c1-26-12-8-6-11(7-9-12)22-17(18(25)27-21-22)28-10-15(23)20-14-5-3-2-4-13(14)16(19)24/h2-9H,10H2,1H3,(H3-,19,20,21,23,24,25). The topological polar surface area (TPSA) is 134 Å². The zero-order chi connectivity index (χ0) is 20.1. The zero-order valence-electron chi connectivity index (χ0n) is 14.7. The molecule has 0 saturated carbocycles. The zero-order valence-corrected chi connectivity index (χ0v) is 15.6. The Morgan fingerprint density at radius 3 is 2.64 bits per heavy atom. The monoisotopic (exact) mass is 400 g/mol. The molecule has 144 valence electrons. The van der Waals surface area contributed by atoms with Crippen molar-refractivity contribution < 1.29 is 28.6 Å². The summed E-state index contributed by atoms with van der Waals surface area (Å²) in [7, 11) is 1.55. The molecule has 10 heteroatoms. The lowest BCUT2D eigenvalue weighted by Crippen LogP contribution is -2.35. The Labute approximate surface area is 164 Å². The molecule has 1 aromatic heterocycles. The molecule has 0 aliphatic carbocycles. The van der Waals surface area contributed by atoms with E-state index in [1.54, 1.807) is 49.6 Å². The average molecular weight is 400 g/mol. The summed E-state index contributed by atoms with van der Waals surface area (Å²) in [6.45, 7) is 0. The number of para-hydroxylation sites is 1. The van der Waals surface area contributed by atoms with Gasteiger partial charge in [0, 0.05) is 12.1 Å². The van der Waals surface area contributed by atoms with Crippen LogP contribution >= 0.6 is 11.8 Å². The van der Waals surface area contributed by atoms with E-state index in [9.17, 15) is 14.7 Å². The molecule has 0 fully saturated rings. The van der Waals surface area contributed by atoms with Gasteiger partial charge in [0.25, 0.3) is 10.9 Å². The van der Waals surface area contributed by atoms with Crippen LogP contribution in [0.25, 0.3) is 5.69 Å². The number of anilines is 1. The van der Waals surface area contributed by atoms with Crippen molar-refractivity contribution in [3.8, 4) is 17.4 Å². The SMILES string of the molecule is COc1ccc(-[n+]2noc([O-])c2SCC(=O)Nc2ccccc2C(N)=O)cc1. The first-order chi connectivity index (χ1) is 13.5. The molecule has 0 spiro atoms. The van der Waals surface area contributed by atoms with Crippen molar-refractivity contribution in [2.45, 2.75) is 5.03 Å². The molecule has 2 amide bonds. The van der Waals surface area contributed by atoms with Crippen LogP contribution < -0.4 is 25.6 Å². The van der Waals surface area contributed by atoms with Crippen molar-refractivity contribution in [1.29, 1.82) is 0 Å². The van der Waals surface area contributed by atoms with E-state index in [1.165, 1.54) is 10.7 Å². The molecule has 3 aromatic rings. The Morgan fingerprint density at radius 1 is 1.25 bits per heavy atom. The highest BCUT2D eigenvalue weighted by atomic mass is 32.2. The molecule has 9 nitrogen and oxygen atoms in total. The first-order valence-electron chi connectivity index (χ1n) is 8.04. The van der Waals surface area contributed by atoms with Crippen LogP contribution in [0, 0.1) is 0 Å². The van der Waals surface area contributed by atoms with Gasteiger partial charge in [0.2, 0.25) is 11.6 Å². The normalized spacial score (nSPS) is 10.5. The van der Waals surface area contributed by atoms with E-state index in [1.807, 2.05) is 0 Å². The molecule has 1 heterocycles. The van der Waals surface area contributed by atoms with Crippen molar-refractivity contribution in [2.24, 2.45) is 5.73 Å². The number of benzene rings is 2. The number of hydrogen-bond donors (Lipinski definition) is 2. The third kappa shape index (κ3) is 4.23. The van der Waals surface area contributed by atoms with Crippen LogP contribution in [0.1, 0.15) is 10.4 Å². The van der Waals surface area contributed by atoms with Gasteiger partial charge in [0.05, 0.1) is 29.4 Å². The summed E-state index contributed by atoms with van der Waals surface area (Å²) in [6, 6.07) is 13.2. The first-order valence-corrected chi connectivity index (χ1v) is 9.03. The number of hydrogen-bond acceptors (Lipinski definition) is 7. The van der Waals surface area contributed by atoms with Gasteiger partial charge in [-0.15, -0.1) is 0 Å². The molecule has 0 bridgehead atoms. The number of primary amides is 1. The maximum atomic E-state index is 12.3. The number of thioether (sulfide) groups is 1. The summed E-state index contributed by atoms with van der Waals surface area (Å²) >= 11 is 0.961. The van der Waals surface area contributed by atoms with Crippen molar-refractivity contribution in [3.63, 3.8) is 0 Å². The molecule has 0 atom stereocenters. The predicted molar refractivity (Wildman–Crippen MR) is 98.3 cm³/mol. The van der Waals surface area contributed by atoms with Crippen LogP contribution in [-0.2, 0) is 4.79 Å². The van der Waals surface area contributed by atoms with E-state index in [4.69, 9.17) is 15.0 Å². The maximum Gasteiger partial charge on any atom is 0.298 e. The minimum absolute atomic E-state index is 0.0975. The third-order valence-corrected chi connectivity index (χ3v) is 4.72. The van der Waals surface area contributed by atoms with Gasteiger partial charge in [-0.25, -0.2) is 0 Å². The first kappa shape index (κ1) is 19.2. The number of aromatic nitrogens is 2. The van der Waals surface area contributed by atoms with Gasteiger partial charge in [-0.05, 0) is 40.7 Å². The highest BCUT2D eigenvalue weighted by Gasteiger charge is 2.22. The number of amides is 2. The molecule has 3 rings (SSSR count). The van der Waals surface area contributed by atoms with Gasteiger partial charge in [0.15, 0.2) is 5.95 Å². The number of nitrogens with two attached hydrogens (primary N) is 1. The number of nitrogens with one attached hydrogen (secondary N) is 1. The number of methoxy groups -OCH3 is 1. The Kier molecular flexibility index (Phi) is 5.80. The number of ether oxygens (including phenoxy) is 1. The molecule has 0 saturated heterocycles. The van der Waals surface area contributed by atoms with Crippen LogP contribution in [0.5, 0.6) is 11.7 Å². The van der Waals surface area contributed by atoms with E-state index in [-0.39, 0.29) is 16.3 Å². The van der Waals surface area contributed by atoms with E-state index >= 15 is 0 Å². The molecular formula is C18H16N4O5S. The maximum absolute atomic E-state index is 12.3. The minimum atomic E-state index is -0.661. The lowest BCUT2D eigenvalue weighted by Gasteiger charge is -2.08. The second-order valence-electron chi connectivity index (χ2n) is 5.52. The fourth-order valence-corrected chi connectivity index (χ4v) is 3.13. The van der Waals surface area contributed by atoms with Crippen LogP contribution in [0.3, 0.4) is 0 Å². The minimum Gasteiger partial charge on any atom is -0.538 e. The van der Waals surface area contributed by atoms with E-state index in [0.29, 0.717) is 17.1 Å². The van der Waals surface area contributed by atoms with Crippen LogP contribution in [0.4, 0.5) is 5.69 Å². The summed E-state index contributed by atoms with van der Waals surface area (Å²) in [4.78, 5) is 23.7. The van der Waals surface area contributed by atoms with Gasteiger partial charge in [-0.3, -0.25) is 9.59 Å². The Morgan fingerprint density at radius 2 is 1.96 bits per heavy atom. The third-order valence-electron chi connectivity index (χ3n) is 3.70. The van der Waals surface area contributed by atoms with Gasteiger partial charge in [0.1, 0.15) is 5.75 Å². The highest BCUT2D eigenvalue weighted by molar-refractivity contribution is 7.99. The van der Waals surface area contributed by atoms with Crippen molar-refractivity contribution in [1.82, 2.24) is 5.27 Å². The fourth-order valence-electron chi connectivity index (χ4n) is 2.38. The molecule has 3 N–H and O–H groups in total. The predicted octanol–water partition coefficient (Wildman–Crippen LogP) is 0.863. The summed E-state index contributed by atoms with van der Waals surface area (Å²) in [5.41, 5.74) is 6.37. The second kappa shape index (κ2) is 8.44. The second-order valence-corrected chi connectivity index (χ2v) is 6.49. The van der Waals surface area contributed by atoms with Gasteiger partial charge in [-0.2, -0.15) is 0 Å². The van der Waals surface area contributed by atoms with Gasteiger partial charge in [-0.1, -0.05) is 12.1 Å². The fraction of sp³-hybridized carbons (Fsp3) is 0.111.